The van der Waals surface area contributed by atoms with E-state index in [-0.39, 0.29) is 125 Å². The summed E-state index contributed by atoms with van der Waals surface area (Å²) in [5.74, 6) is -6.01. The lowest BCUT2D eigenvalue weighted by molar-refractivity contribution is -0.169. The largest absolute Gasteiger partial charge is 0.428 e. The molecule has 0 aromatic heterocycles. The van der Waals surface area contributed by atoms with Gasteiger partial charge in [0.1, 0.15) is 12.1 Å². The molecule has 0 saturated carbocycles. The summed E-state index contributed by atoms with van der Waals surface area (Å²) in [5, 5.41) is 4.50. The quantitative estimate of drug-likeness (QED) is 0.0252. The van der Waals surface area contributed by atoms with Crippen LogP contribution >= 0.6 is 23.5 Å². The Morgan fingerprint density at radius 1 is 0.314 bits per heavy atom. The van der Waals surface area contributed by atoms with Gasteiger partial charge in [0.15, 0.2) is 10.2 Å². The number of esters is 8. The fraction of sp³-hybridized carbons (Fsp3) is 0.800. The van der Waals surface area contributed by atoms with Crippen LogP contribution in [0.5, 0.6) is 0 Å². The molecular weight excluding hydrogens is 1160 g/mol. The predicted molar refractivity (Wildman–Crippen MR) is 321 cm³/mol. The van der Waals surface area contributed by atoms with E-state index in [1.165, 1.54) is 0 Å². The Hall–Kier alpha value is -5.34. The van der Waals surface area contributed by atoms with Gasteiger partial charge in [-0.05, 0) is 25.7 Å². The fourth-order valence-corrected chi connectivity index (χ4v) is 9.93. The summed E-state index contributed by atoms with van der Waals surface area (Å²) in [7, 11) is 0. The van der Waals surface area contributed by atoms with E-state index < -0.39 is 98.8 Å². The van der Waals surface area contributed by atoms with Crippen molar-refractivity contribution >= 4 is 93.3 Å². The summed E-state index contributed by atoms with van der Waals surface area (Å²) < 4.78 is 40.5. The van der Waals surface area contributed by atoms with Gasteiger partial charge in [-0.3, -0.25) is 57.5 Å². The predicted octanol–water partition coefficient (Wildman–Crippen LogP) is 8.05. The molecule has 2 amide bonds. The zero-order valence-electron chi connectivity index (χ0n) is 51.7. The van der Waals surface area contributed by atoms with Gasteiger partial charge in [0.2, 0.25) is 39.0 Å². The summed E-state index contributed by atoms with van der Waals surface area (Å²) >= 11 is 1.60. The number of hydrogen-bond donors (Lipinski definition) is 2. The van der Waals surface area contributed by atoms with Crippen LogP contribution in [0, 0.1) is 0 Å². The molecule has 1 aliphatic rings. The third-order valence-electron chi connectivity index (χ3n) is 13.6. The Kier molecular flexibility index (Phi) is 48.3. The number of carbonyl (C=O) groups excluding carboxylic acids is 12. The third-order valence-corrected chi connectivity index (χ3v) is 15.6. The zero-order chi connectivity index (χ0) is 63.4. The maximum absolute atomic E-state index is 13.1. The van der Waals surface area contributed by atoms with E-state index in [1.54, 1.807) is 9.80 Å². The average Bonchev–Trinajstić information content (AvgIpc) is 3.69. The van der Waals surface area contributed by atoms with Crippen molar-refractivity contribution in [1.82, 2.24) is 20.4 Å². The molecule has 0 aromatic carbocycles. The van der Waals surface area contributed by atoms with E-state index in [1.807, 2.05) is 0 Å². The van der Waals surface area contributed by atoms with E-state index in [2.05, 4.69) is 38.3 Å². The number of carbonyl (C=O) groups is 12. The highest BCUT2D eigenvalue weighted by atomic mass is 32.2. The van der Waals surface area contributed by atoms with Crippen LogP contribution in [0.1, 0.15) is 220 Å². The second kappa shape index (κ2) is 52.8. The number of unbranched alkanes of at least 4 members (excludes halogenated alkanes) is 16. The maximum Gasteiger partial charge on any atom is 0.309 e. The van der Waals surface area contributed by atoms with Gasteiger partial charge in [0.25, 0.3) is 0 Å². The molecule has 2 unspecified atom stereocenters. The van der Waals surface area contributed by atoms with Crippen molar-refractivity contribution in [3.8, 4) is 0 Å². The number of hydrogen-bond acceptors (Lipinski definition) is 24. The van der Waals surface area contributed by atoms with Gasteiger partial charge in [-0.15, -0.1) is 0 Å². The molecule has 1 fully saturated rings. The van der Waals surface area contributed by atoms with Crippen LogP contribution < -0.4 is 10.6 Å². The van der Waals surface area contributed by atoms with Gasteiger partial charge in [0, 0.05) is 89.3 Å². The molecular formula is C60H100N4O20S2. The van der Waals surface area contributed by atoms with Crippen molar-refractivity contribution in [3.63, 3.8) is 0 Å². The molecule has 1 rings (SSSR count). The summed E-state index contributed by atoms with van der Waals surface area (Å²) in [6.45, 7) is 6.54. The Morgan fingerprint density at radius 2 is 0.523 bits per heavy atom. The minimum absolute atomic E-state index is 0.0532. The van der Waals surface area contributed by atoms with Gasteiger partial charge in [-0.1, -0.05) is 154 Å². The normalized spacial score (nSPS) is 13.7. The Balaban J connectivity index is 2.74. The zero-order valence-corrected chi connectivity index (χ0v) is 53.4. The van der Waals surface area contributed by atoms with E-state index >= 15 is 0 Å². The molecule has 26 heteroatoms. The number of ether oxygens (including phenoxy) is 8. The molecule has 1 saturated heterocycles. The number of rotatable bonds is 54. The number of nitrogens with zero attached hydrogens (tertiary/aromatic N) is 2. The highest BCUT2D eigenvalue weighted by Crippen LogP contribution is 2.16. The van der Waals surface area contributed by atoms with E-state index in [4.69, 9.17) is 37.9 Å². The van der Waals surface area contributed by atoms with Gasteiger partial charge >= 0.3 is 47.8 Å². The molecule has 0 radical (unpaired) electrons. The number of nitrogens with one attached hydrogen (secondary N) is 2. The molecule has 1 aliphatic heterocycles. The topological polar surface area (TPSA) is 309 Å². The first-order chi connectivity index (χ1) is 41.5. The molecule has 86 heavy (non-hydrogen) atoms. The fourth-order valence-electron chi connectivity index (χ4n) is 8.29. The average molecular weight is 1260 g/mol. The number of thioether (sulfide) groups is 2. The summed E-state index contributed by atoms with van der Waals surface area (Å²) in [6.07, 6.45) is 18.9. The Labute approximate surface area is 517 Å². The molecule has 0 aromatic rings. The SMILES string of the molecule is CCCCCCCC(=O)OCOC(=O)CCN(CCC(=O)OCOC(=O)CCCCCCC)CCC(=O)SCC1NC(=O)C(CSC(=O)CCN(CCC(=O)OCOC(=O)CCCCCCC)CCC(=O)OCOC(=O)CCCCCCC)NC1=O. The Bertz CT molecular complexity index is 1780. The third kappa shape index (κ3) is 45.0. The second-order valence-corrected chi connectivity index (χ2v) is 23.1. The lowest BCUT2D eigenvalue weighted by atomic mass is 10.1. The first-order valence-corrected chi connectivity index (χ1v) is 33.1. The molecule has 0 spiro atoms. The number of piperazine rings is 1. The van der Waals surface area contributed by atoms with Gasteiger partial charge in [-0.25, -0.2) is 0 Å². The van der Waals surface area contributed by atoms with E-state index in [0.29, 0.717) is 25.7 Å². The van der Waals surface area contributed by atoms with Crippen LogP contribution in [0.4, 0.5) is 0 Å². The first-order valence-electron chi connectivity index (χ1n) is 31.1. The summed E-state index contributed by atoms with van der Waals surface area (Å²) in [4.78, 5) is 154. The molecule has 0 aliphatic carbocycles. The van der Waals surface area contributed by atoms with Crippen molar-refractivity contribution in [2.75, 3.05) is 77.9 Å². The van der Waals surface area contributed by atoms with Crippen LogP contribution in [-0.4, -0.2) is 170 Å². The van der Waals surface area contributed by atoms with Crippen molar-refractivity contribution in [2.24, 2.45) is 0 Å². The molecule has 492 valence electrons. The minimum Gasteiger partial charge on any atom is -0.428 e. The van der Waals surface area contributed by atoms with Crippen LogP contribution in [0.25, 0.3) is 0 Å². The van der Waals surface area contributed by atoms with Gasteiger partial charge in [-0.2, -0.15) is 0 Å². The van der Waals surface area contributed by atoms with Gasteiger partial charge in [0.05, 0.1) is 25.7 Å². The summed E-state index contributed by atoms with van der Waals surface area (Å²) in [5.41, 5.74) is 0. The van der Waals surface area contributed by atoms with Crippen molar-refractivity contribution in [3.05, 3.63) is 0 Å². The lowest BCUT2D eigenvalue weighted by Gasteiger charge is -2.29. The first kappa shape index (κ1) is 78.7. The highest BCUT2D eigenvalue weighted by molar-refractivity contribution is 8.13. The van der Waals surface area contributed by atoms with Crippen LogP contribution in [0.2, 0.25) is 0 Å². The maximum atomic E-state index is 13.1. The van der Waals surface area contributed by atoms with Crippen LogP contribution in [-0.2, 0) is 95.4 Å². The molecule has 24 nitrogen and oxygen atoms in total. The second-order valence-electron chi connectivity index (χ2n) is 20.9. The standard InChI is InChI=1S/C60H100N4O20S2/c1-5-9-13-17-21-25-49(65)77-43-81-53(69)29-35-63(36-30-54(70)82-44-78-50(66)26-22-18-14-10-6-2)39-33-57(73)85-41-47-59(75)62-48(60(76)61-47)42-86-58(74)34-40-64(37-31-55(71)83-45-79-51(67)27-23-19-15-11-7-3)38-32-56(72)84-46-80-52(68)28-24-20-16-12-8-4/h47-48H,5-46H2,1-4H3,(H,61,76)(H,62,75). The molecule has 2 N–H and O–H groups in total. The molecule has 0 bridgehead atoms. The van der Waals surface area contributed by atoms with Gasteiger partial charge < -0.3 is 58.3 Å². The van der Waals surface area contributed by atoms with Crippen molar-refractivity contribution in [1.29, 1.82) is 0 Å². The highest BCUT2D eigenvalue weighted by Gasteiger charge is 2.34. The van der Waals surface area contributed by atoms with E-state index in [9.17, 15) is 57.5 Å². The summed E-state index contributed by atoms with van der Waals surface area (Å²) in [6, 6.07) is -2.16. The molecule has 2 atom stereocenters. The minimum atomic E-state index is -1.08. The Morgan fingerprint density at radius 3 is 0.756 bits per heavy atom. The van der Waals surface area contributed by atoms with Crippen LogP contribution in [0.15, 0.2) is 0 Å². The van der Waals surface area contributed by atoms with Crippen molar-refractivity contribution in [2.45, 2.75) is 232 Å². The monoisotopic (exact) mass is 1260 g/mol. The molecule has 1 heterocycles. The van der Waals surface area contributed by atoms with Crippen LogP contribution in [0.3, 0.4) is 0 Å². The lowest BCUT2D eigenvalue weighted by Crippen LogP contribution is -2.63. The number of amides is 2. The van der Waals surface area contributed by atoms with E-state index in [0.717, 1.165) is 126 Å². The van der Waals surface area contributed by atoms with Crippen molar-refractivity contribution < 1.29 is 95.4 Å². The smallest absolute Gasteiger partial charge is 0.309 e.